The normalized spacial score (nSPS) is 13.7. The van der Waals surface area contributed by atoms with Crippen LogP contribution in [0.1, 0.15) is 36.5 Å². The first-order valence-electron chi connectivity index (χ1n) is 9.02. The first kappa shape index (κ1) is 19.2. The molecule has 0 radical (unpaired) electrons. The maximum Gasteiger partial charge on any atom is 0.162 e. The lowest BCUT2D eigenvalue weighted by atomic mass is 10.1. The average Bonchev–Trinajstić information content (AvgIpc) is 3.17. The van der Waals surface area contributed by atoms with Crippen molar-refractivity contribution in [2.45, 2.75) is 33.3 Å². The molecule has 2 aromatic rings. The van der Waals surface area contributed by atoms with Crippen LogP contribution in [0.25, 0.3) is 0 Å². The second-order valence-corrected chi connectivity index (χ2v) is 7.73. The van der Waals surface area contributed by atoms with Crippen LogP contribution in [-0.4, -0.2) is 29.6 Å². The molecule has 2 aromatic carbocycles. The molecule has 1 heterocycles. The van der Waals surface area contributed by atoms with Crippen molar-refractivity contribution in [3.63, 3.8) is 0 Å². The summed E-state index contributed by atoms with van der Waals surface area (Å²) in [7, 11) is 0. The summed E-state index contributed by atoms with van der Waals surface area (Å²) in [4.78, 5) is 3.14. The minimum atomic E-state index is 0.503. The van der Waals surface area contributed by atoms with E-state index in [4.69, 9.17) is 21.7 Å². The zero-order valence-corrected chi connectivity index (χ0v) is 17.7. The van der Waals surface area contributed by atoms with E-state index in [1.165, 1.54) is 18.4 Å². The quantitative estimate of drug-likeness (QED) is 0.560. The Morgan fingerprint density at radius 1 is 1.08 bits per heavy atom. The molecule has 0 aliphatic carbocycles. The molecule has 0 amide bonds. The maximum absolute atomic E-state index is 6.04. The van der Waals surface area contributed by atoms with Gasteiger partial charge >= 0.3 is 0 Å². The van der Waals surface area contributed by atoms with Crippen LogP contribution in [0, 0.1) is 6.92 Å². The Hall–Kier alpha value is -1.59. The molecule has 0 atom stereocenters. The van der Waals surface area contributed by atoms with Crippen LogP contribution in [0.15, 0.2) is 40.9 Å². The van der Waals surface area contributed by atoms with Crippen molar-refractivity contribution < 1.29 is 9.47 Å². The first-order chi connectivity index (χ1) is 12.6. The van der Waals surface area contributed by atoms with Crippen LogP contribution in [0.4, 0.5) is 0 Å². The summed E-state index contributed by atoms with van der Waals surface area (Å²) < 4.78 is 12.8. The topological polar surface area (TPSA) is 21.7 Å². The molecule has 1 aliphatic heterocycles. The number of benzene rings is 2. The van der Waals surface area contributed by atoms with E-state index in [2.05, 4.69) is 52.0 Å². The SMILES string of the molecule is CCOc1cc(C(=S)N2CCCC2)c(Br)cc1OCc1ccc(C)cc1. The van der Waals surface area contributed by atoms with E-state index < -0.39 is 0 Å². The molecule has 3 rings (SSSR count). The van der Waals surface area contributed by atoms with Gasteiger partial charge in [-0.3, -0.25) is 0 Å². The molecule has 138 valence electrons. The van der Waals surface area contributed by atoms with Gasteiger partial charge in [0, 0.05) is 23.1 Å². The van der Waals surface area contributed by atoms with Gasteiger partial charge in [-0.25, -0.2) is 0 Å². The van der Waals surface area contributed by atoms with Gasteiger partial charge in [0.1, 0.15) is 11.6 Å². The van der Waals surface area contributed by atoms with E-state index in [1.807, 2.05) is 19.1 Å². The predicted octanol–water partition coefficient (Wildman–Crippen LogP) is 5.51. The summed E-state index contributed by atoms with van der Waals surface area (Å²) in [6, 6.07) is 12.3. The van der Waals surface area contributed by atoms with E-state index in [1.54, 1.807) is 0 Å². The van der Waals surface area contributed by atoms with Crippen molar-refractivity contribution in [3.05, 3.63) is 57.6 Å². The van der Waals surface area contributed by atoms with Gasteiger partial charge in [-0.05, 0) is 60.3 Å². The highest BCUT2D eigenvalue weighted by atomic mass is 79.9. The summed E-state index contributed by atoms with van der Waals surface area (Å²) in [5.41, 5.74) is 3.37. The Bertz CT molecular complexity index is 770. The predicted molar refractivity (Wildman–Crippen MR) is 113 cm³/mol. The van der Waals surface area contributed by atoms with Gasteiger partial charge in [-0.2, -0.15) is 0 Å². The largest absolute Gasteiger partial charge is 0.490 e. The Morgan fingerprint density at radius 3 is 2.38 bits per heavy atom. The maximum atomic E-state index is 6.04. The van der Waals surface area contributed by atoms with Crippen molar-refractivity contribution in [2.24, 2.45) is 0 Å². The van der Waals surface area contributed by atoms with E-state index in [-0.39, 0.29) is 0 Å². The Morgan fingerprint density at radius 2 is 1.73 bits per heavy atom. The number of hydrogen-bond acceptors (Lipinski definition) is 3. The third-order valence-electron chi connectivity index (χ3n) is 4.47. The Balaban J connectivity index is 1.81. The highest BCUT2D eigenvalue weighted by molar-refractivity contribution is 9.10. The third-order valence-corrected chi connectivity index (χ3v) is 5.61. The highest BCUT2D eigenvalue weighted by Crippen LogP contribution is 2.35. The molecular formula is C21H24BrNO2S. The van der Waals surface area contributed by atoms with Gasteiger partial charge in [0.2, 0.25) is 0 Å². The molecule has 5 heteroatoms. The Kier molecular flexibility index (Phi) is 6.54. The van der Waals surface area contributed by atoms with E-state index in [0.717, 1.165) is 45.2 Å². The highest BCUT2D eigenvalue weighted by Gasteiger charge is 2.20. The molecule has 0 N–H and O–H groups in total. The van der Waals surface area contributed by atoms with E-state index in [9.17, 15) is 0 Å². The second-order valence-electron chi connectivity index (χ2n) is 6.49. The smallest absolute Gasteiger partial charge is 0.162 e. The monoisotopic (exact) mass is 433 g/mol. The fourth-order valence-electron chi connectivity index (χ4n) is 3.02. The number of aryl methyl sites for hydroxylation is 1. The molecule has 0 saturated carbocycles. The number of thiocarbonyl (C=S) groups is 1. The van der Waals surface area contributed by atoms with Crippen molar-refractivity contribution in [3.8, 4) is 11.5 Å². The van der Waals surface area contributed by atoms with Crippen LogP contribution in [0.3, 0.4) is 0 Å². The van der Waals surface area contributed by atoms with Crippen LogP contribution in [0.2, 0.25) is 0 Å². The van der Waals surface area contributed by atoms with E-state index in [0.29, 0.717) is 13.2 Å². The molecule has 0 spiro atoms. The summed E-state index contributed by atoms with van der Waals surface area (Å²) in [6.45, 7) is 7.20. The molecular weight excluding hydrogens is 410 g/mol. The van der Waals surface area contributed by atoms with Crippen molar-refractivity contribution in [1.82, 2.24) is 4.90 Å². The number of hydrogen-bond donors (Lipinski definition) is 0. The van der Waals surface area contributed by atoms with Gasteiger partial charge in [-0.15, -0.1) is 0 Å². The number of halogens is 1. The summed E-state index contributed by atoms with van der Waals surface area (Å²) in [5.74, 6) is 1.46. The lowest BCUT2D eigenvalue weighted by Gasteiger charge is -2.21. The second kappa shape index (κ2) is 8.87. The standard InChI is InChI=1S/C21H24BrNO2S/c1-3-24-19-12-17(21(26)23-10-4-5-11-23)18(22)13-20(19)25-14-16-8-6-15(2)7-9-16/h6-9,12-13H,3-5,10-11,14H2,1-2H3. The first-order valence-corrected chi connectivity index (χ1v) is 10.2. The van der Waals surface area contributed by atoms with Gasteiger partial charge in [-0.1, -0.05) is 42.0 Å². The number of rotatable bonds is 6. The lowest BCUT2D eigenvalue weighted by molar-refractivity contribution is 0.269. The zero-order valence-electron chi connectivity index (χ0n) is 15.3. The number of nitrogens with zero attached hydrogens (tertiary/aromatic N) is 1. The van der Waals surface area contributed by atoms with Crippen LogP contribution >= 0.6 is 28.1 Å². The summed E-state index contributed by atoms with van der Waals surface area (Å²) in [6.07, 6.45) is 2.40. The molecule has 26 heavy (non-hydrogen) atoms. The van der Waals surface area contributed by atoms with E-state index >= 15 is 0 Å². The zero-order chi connectivity index (χ0) is 18.5. The van der Waals surface area contributed by atoms with Gasteiger partial charge in [0.15, 0.2) is 11.5 Å². The molecule has 1 saturated heterocycles. The van der Waals surface area contributed by atoms with Crippen LogP contribution in [0.5, 0.6) is 11.5 Å². The molecule has 1 aliphatic rings. The number of ether oxygens (including phenoxy) is 2. The molecule has 0 unspecified atom stereocenters. The minimum Gasteiger partial charge on any atom is -0.490 e. The third kappa shape index (κ3) is 4.57. The van der Waals surface area contributed by atoms with Gasteiger partial charge < -0.3 is 14.4 Å². The van der Waals surface area contributed by atoms with Gasteiger partial charge in [0.05, 0.1) is 6.61 Å². The van der Waals surface area contributed by atoms with Crippen LogP contribution < -0.4 is 9.47 Å². The molecule has 0 aromatic heterocycles. The number of likely N-dealkylation sites (tertiary alicyclic amines) is 1. The van der Waals surface area contributed by atoms with Crippen molar-refractivity contribution >= 4 is 33.1 Å². The average molecular weight is 434 g/mol. The molecule has 1 fully saturated rings. The summed E-state index contributed by atoms with van der Waals surface area (Å²) >= 11 is 9.37. The van der Waals surface area contributed by atoms with Crippen molar-refractivity contribution in [2.75, 3.05) is 19.7 Å². The fraction of sp³-hybridized carbons (Fsp3) is 0.381. The summed E-state index contributed by atoms with van der Waals surface area (Å²) in [5, 5.41) is 0. The Labute approximate surface area is 169 Å². The van der Waals surface area contributed by atoms with Crippen LogP contribution in [-0.2, 0) is 6.61 Å². The van der Waals surface area contributed by atoms with Crippen molar-refractivity contribution in [1.29, 1.82) is 0 Å². The fourth-order valence-corrected chi connectivity index (χ4v) is 4.01. The molecule has 3 nitrogen and oxygen atoms in total. The molecule has 0 bridgehead atoms. The lowest BCUT2D eigenvalue weighted by Crippen LogP contribution is -2.27. The van der Waals surface area contributed by atoms with Gasteiger partial charge in [0.25, 0.3) is 0 Å². The minimum absolute atomic E-state index is 0.503.